The van der Waals surface area contributed by atoms with E-state index < -0.39 is 17.6 Å². The van der Waals surface area contributed by atoms with Crippen LogP contribution in [-0.4, -0.2) is 11.1 Å². The Morgan fingerprint density at radius 2 is 1.77 bits per heavy atom. The molecule has 0 amide bonds. The summed E-state index contributed by atoms with van der Waals surface area (Å²) in [6.07, 6.45) is 0.538. The van der Waals surface area contributed by atoms with Gasteiger partial charge in [0.2, 0.25) is 0 Å². The van der Waals surface area contributed by atoms with Crippen LogP contribution in [0.3, 0.4) is 0 Å². The van der Waals surface area contributed by atoms with Gasteiger partial charge in [-0.2, -0.15) is 0 Å². The SMILES string of the molecule is C=C(CC)Oc1ccc(-c2cc(F)cc(F)c2)cc1C(=O)O. The molecule has 0 saturated carbocycles. The molecule has 2 aromatic rings. The summed E-state index contributed by atoms with van der Waals surface area (Å²) in [6, 6.07) is 7.33. The molecule has 0 aliphatic heterocycles. The van der Waals surface area contributed by atoms with Gasteiger partial charge in [0.25, 0.3) is 0 Å². The molecule has 2 rings (SSSR count). The Morgan fingerprint density at radius 3 is 2.32 bits per heavy atom. The van der Waals surface area contributed by atoms with Gasteiger partial charge in [0.15, 0.2) is 0 Å². The molecule has 2 aromatic carbocycles. The van der Waals surface area contributed by atoms with E-state index in [-0.39, 0.29) is 16.9 Å². The average molecular weight is 304 g/mol. The minimum Gasteiger partial charge on any atom is -0.478 e. The van der Waals surface area contributed by atoms with Crippen molar-refractivity contribution in [1.29, 1.82) is 0 Å². The second-order valence-corrected chi connectivity index (χ2v) is 4.67. The Hall–Kier alpha value is -2.69. The molecule has 0 radical (unpaired) electrons. The van der Waals surface area contributed by atoms with Crippen LogP contribution in [0, 0.1) is 11.6 Å². The maximum Gasteiger partial charge on any atom is 0.339 e. The first-order valence-electron chi connectivity index (χ1n) is 6.60. The summed E-state index contributed by atoms with van der Waals surface area (Å²) >= 11 is 0. The van der Waals surface area contributed by atoms with Crippen molar-refractivity contribution in [3.05, 3.63) is 65.9 Å². The number of allylic oxidation sites excluding steroid dienone is 1. The summed E-state index contributed by atoms with van der Waals surface area (Å²) in [6.45, 7) is 5.48. The molecular weight excluding hydrogens is 290 g/mol. The zero-order valence-corrected chi connectivity index (χ0v) is 11.9. The van der Waals surface area contributed by atoms with E-state index in [0.717, 1.165) is 18.2 Å². The van der Waals surface area contributed by atoms with Gasteiger partial charge in [-0.15, -0.1) is 0 Å². The molecule has 0 spiro atoms. The number of carboxylic acid groups (broad SMARTS) is 1. The number of hydrogen-bond acceptors (Lipinski definition) is 2. The van der Waals surface area contributed by atoms with Crippen molar-refractivity contribution in [1.82, 2.24) is 0 Å². The zero-order chi connectivity index (χ0) is 16.3. The molecule has 0 heterocycles. The van der Waals surface area contributed by atoms with Crippen molar-refractivity contribution in [2.45, 2.75) is 13.3 Å². The van der Waals surface area contributed by atoms with Crippen molar-refractivity contribution in [3.63, 3.8) is 0 Å². The van der Waals surface area contributed by atoms with Crippen LogP contribution in [0.5, 0.6) is 5.75 Å². The normalized spacial score (nSPS) is 10.3. The highest BCUT2D eigenvalue weighted by molar-refractivity contribution is 5.92. The van der Waals surface area contributed by atoms with Crippen molar-refractivity contribution in [2.24, 2.45) is 0 Å². The smallest absolute Gasteiger partial charge is 0.339 e. The summed E-state index contributed by atoms with van der Waals surface area (Å²) in [7, 11) is 0. The number of ether oxygens (including phenoxy) is 1. The van der Waals surface area contributed by atoms with Gasteiger partial charge < -0.3 is 9.84 Å². The van der Waals surface area contributed by atoms with Gasteiger partial charge in [-0.3, -0.25) is 0 Å². The third-order valence-electron chi connectivity index (χ3n) is 3.05. The first-order valence-corrected chi connectivity index (χ1v) is 6.60. The number of carboxylic acids is 1. The Bertz CT molecular complexity index is 718. The first kappa shape index (κ1) is 15.7. The highest BCUT2D eigenvalue weighted by atomic mass is 19.1. The van der Waals surface area contributed by atoms with Crippen LogP contribution in [-0.2, 0) is 0 Å². The molecule has 0 atom stereocenters. The van der Waals surface area contributed by atoms with E-state index >= 15 is 0 Å². The molecule has 0 aliphatic rings. The third-order valence-corrected chi connectivity index (χ3v) is 3.05. The lowest BCUT2D eigenvalue weighted by Gasteiger charge is -2.11. The molecule has 5 heteroatoms. The topological polar surface area (TPSA) is 46.5 Å². The molecule has 0 bridgehead atoms. The van der Waals surface area contributed by atoms with Gasteiger partial charge in [-0.25, -0.2) is 13.6 Å². The van der Waals surface area contributed by atoms with E-state index in [1.165, 1.54) is 12.1 Å². The fourth-order valence-corrected chi connectivity index (χ4v) is 1.91. The summed E-state index contributed by atoms with van der Waals surface area (Å²) in [5.74, 6) is -2.09. The van der Waals surface area contributed by atoms with E-state index in [9.17, 15) is 18.7 Å². The molecule has 0 fully saturated rings. The quantitative estimate of drug-likeness (QED) is 0.819. The lowest BCUT2D eigenvalue weighted by atomic mass is 10.0. The minimum atomic E-state index is -1.20. The van der Waals surface area contributed by atoms with Crippen molar-refractivity contribution in [3.8, 4) is 16.9 Å². The van der Waals surface area contributed by atoms with E-state index in [4.69, 9.17) is 4.74 Å². The summed E-state index contributed by atoms with van der Waals surface area (Å²) in [4.78, 5) is 11.4. The number of halogens is 2. The number of rotatable bonds is 5. The Morgan fingerprint density at radius 1 is 1.14 bits per heavy atom. The van der Waals surface area contributed by atoms with Crippen molar-refractivity contribution in [2.75, 3.05) is 0 Å². The Labute approximate surface area is 126 Å². The van der Waals surface area contributed by atoms with E-state index in [1.807, 2.05) is 6.92 Å². The maximum absolute atomic E-state index is 13.3. The first-order chi connectivity index (χ1) is 10.4. The lowest BCUT2D eigenvalue weighted by Crippen LogP contribution is -2.03. The minimum absolute atomic E-state index is 0.100. The van der Waals surface area contributed by atoms with Gasteiger partial charge in [0.05, 0.1) is 5.76 Å². The lowest BCUT2D eigenvalue weighted by molar-refractivity contribution is 0.0693. The summed E-state index contributed by atoms with van der Waals surface area (Å²) in [5.41, 5.74) is 0.530. The fraction of sp³-hybridized carbons (Fsp3) is 0.118. The van der Waals surface area contributed by atoms with E-state index in [0.29, 0.717) is 17.7 Å². The predicted octanol–water partition coefficient (Wildman–Crippen LogP) is 4.63. The van der Waals surface area contributed by atoms with Gasteiger partial charge >= 0.3 is 5.97 Å². The van der Waals surface area contributed by atoms with E-state index in [2.05, 4.69) is 6.58 Å². The highest BCUT2D eigenvalue weighted by Gasteiger charge is 2.14. The molecule has 22 heavy (non-hydrogen) atoms. The van der Waals surface area contributed by atoms with Crippen molar-refractivity contribution < 1.29 is 23.4 Å². The van der Waals surface area contributed by atoms with Crippen LogP contribution in [0.4, 0.5) is 8.78 Å². The number of aromatic carboxylic acids is 1. The summed E-state index contributed by atoms with van der Waals surface area (Å²) in [5, 5.41) is 9.27. The standard InChI is InChI=1S/C17H14F2O3/c1-3-10(2)22-16-5-4-11(8-15(16)17(20)21)12-6-13(18)9-14(19)7-12/h4-9H,2-3H2,1H3,(H,20,21). The number of carbonyl (C=O) groups is 1. The number of hydrogen-bond donors (Lipinski definition) is 1. The molecular formula is C17H14F2O3. The van der Waals surface area contributed by atoms with Crippen LogP contribution in [0.1, 0.15) is 23.7 Å². The van der Waals surface area contributed by atoms with Crippen LogP contribution in [0.25, 0.3) is 11.1 Å². The Kier molecular flexibility index (Phi) is 4.56. The Balaban J connectivity index is 2.49. The molecule has 1 N–H and O–H groups in total. The molecule has 0 aromatic heterocycles. The van der Waals surface area contributed by atoms with Gasteiger partial charge in [0.1, 0.15) is 22.9 Å². The summed E-state index contributed by atoms with van der Waals surface area (Å²) < 4.78 is 31.9. The van der Waals surface area contributed by atoms with Gasteiger partial charge in [-0.1, -0.05) is 19.6 Å². The van der Waals surface area contributed by atoms with Crippen LogP contribution in [0.2, 0.25) is 0 Å². The predicted molar refractivity (Wildman–Crippen MR) is 78.8 cm³/mol. The van der Waals surface area contributed by atoms with Crippen molar-refractivity contribution >= 4 is 5.97 Å². The molecule has 114 valence electrons. The van der Waals surface area contributed by atoms with Gasteiger partial charge in [0, 0.05) is 12.5 Å². The third kappa shape index (κ3) is 3.49. The number of benzene rings is 2. The monoisotopic (exact) mass is 304 g/mol. The van der Waals surface area contributed by atoms with Gasteiger partial charge in [-0.05, 0) is 35.4 Å². The van der Waals surface area contributed by atoms with Crippen LogP contribution >= 0.6 is 0 Å². The average Bonchev–Trinajstić information content (AvgIpc) is 2.46. The highest BCUT2D eigenvalue weighted by Crippen LogP contribution is 2.29. The fourth-order valence-electron chi connectivity index (χ4n) is 1.91. The zero-order valence-electron chi connectivity index (χ0n) is 11.9. The molecule has 0 saturated heterocycles. The van der Waals surface area contributed by atoms with Crippen LogP contribution in [0.15, 0.2) is 48.7 Å². The second-order valence-electron chi connectivity index (χ2n) is 4.67. The van der Waals surface area contributed by atoms with E-state index in [1.54, 1.807) is 6.07 Å². The van der Waals surface area contributed by atoms with Crippen LogP contribution < -0.4 is 4.74 Å². The maximum atomic E-state index is 13.3. The molecule has 0 aliphatic carbocycles. The largest absolute Gasteiger partial charge is 0.478 e. The molecule has 3 nitrogen and oxygen atoms in total. The molecule has 0 unspecified atom stereocenters. The second kappa shape index (κ2) is 6.39.